The number of phenolic OH excluding ortho intramolecular Hbond substituents is 1. The normalized spacial score (nSPS) is 10.2. The summed E-state index contributed by atoms with van der Waals surface area (Å²) in [5.74, 6) is 0.0519. The van der Waals surface area contributed by atoms with E-state index in [-0.39, 0.29) is 11.7 Å². The van der Waals surface area contributed by atoms with Crippen LogP contribution in [0.1, 0.15) is 12.0 Å². The Morgan fingerprint density at radius 1 is 1.16 bits per heavy atom. The molecule has 0 saturated carbocycles. The van der Waals surface area contributed by atoms with Crippen LogP contribution >= 0.6 is 11.6 Å². The standard InChI is InChI=1S/C15H14ClNO2/c16-12-7-4-11(5-8-12)6-9-15(19)17-13-2-1-3-14(18)10-13/h1-5,7-8,10,18H,6,9H2,(H,17,19). The molecule has 2 N–H and O–H groups in total. The number of carbonyl (C=O) groups is 1. The lowest BCUT2D eigenvalue weighted by molar-refractivity contribution is -0.116. The average Bonchev–Trinajstić information content (AvgIpc) is 2.38. The maximum Gasteiger partial charge on any atom is 0.224 e. The van der Waals surface area contributed by atoms with Crippen molar-refractivity contribution in [1.29, 1.82) is 0 Å². The first kappa shape index (κ1) is 13.4. The topological polar surface area (TPSA) is 49.3 Å². The number of amides is 1. The third-order valence-electron chi connectivity index (χ3n) is 2.68. The van der Waals surface area contributed by atoms with Gasteiger partial charge in [0.2, 0.25) is 5.91 Å². The molecule has 0 aromatic heterocycles. The highest BCUT2D eigenvalue weighted by molar-refractivity contribution is 6.30. The maximum atomic E-state index is 11.7. The van der Waals surface area contributed by atoms with E-state index in [1.54, 1.807) is 18.2 Å². The number of aryl methyl sites for hydroxylation is 1. The molecule has 0 spiro atoms. The molecule has 0 unspecified atom stereocenters. The number of anilines is 1. The summed E-state index contributed by atoms with van der Waals surface area (Å²) in [7, 11) is 0. The summed E-state index contributed by atoms with van der Waals surface area (Å²) in [5.41, 5.74) is 1.66. The van der Waals surface area contributed by atoms with Crippen molar-refractivity contribution in [2.24, 2.45) is 0 Å². The molecule has 2 rings (SSSR count). The average molecular weight is 276 g/mol. The van der Waals surface area contributed by atoms with Crippen molar-refractivity contribution < 1.29 is 9.90 Å². The summed E-state index contributed by atoms with van der Waals surface area (Å²) in [6, 6.07) is 13.9. The summed E-state index contributed by atoms with van der Waals surface area (Å²) in [5, 5.41) is 12.7. The second kappa shape index (κ2) is 6.25. The molecular weight excluding hydrogens is 262 g/mol. The van der Waals surface area contributed by atoms with Gasteiger partial charge in [0.15, 0.2) is 0 Å². The molecule has 0 heterocycles. The fraction of sp³-hybridized carbons (Fsp3) is 0.133. The van der Waals surface area contributed by atoms with Crippen molar-refractivity contribution in [3.05, 3.63) is 59.1 Å². The minimum Gasteiger partial charge on any atom is -0.508 e. The molecule has 2 aromatic rings. The summed E-state index contributed by atoms with van der Waals surface area (Å²) in [4.78, 5) is 11.7. The molecule has 2 aromatic carbocycles. The van der Waals surface area contributed by atoms with Gasteiger partial charge in [-0.3, -0.25) is 4.79 Å². The van der Waals surface area contributed by atoms with Gasteiger partial charge in [-0.1, -0.05) is 29.8 Å². The molecule has 1 amide bonds. The van der Waals surface area contributed by atoms with Crippen LogP contribution < -0.4 is 5.32 Å². The largest absolute Gasteiger partial charge is 0.508 e. The molecule has 98 valence electrons. The van der Waals surface area contributed by atoms with Gasteiger partial charge in [0.1, 0.15) is 5.75 Å². The van der Waals surface area contributed by atoms with Crippen LogP contribution in [0.5, 0.6) is 5.75 Å². The van der Waals surface area contributed by atoms with Crippen LogP contribution in [0, 0.1) is 0 Å². The third-order valence-corrected chi connectivity index (χ3v) is 2.94. The van der Waals surface area contributed by atoms with Crippen molar-refractivity contribution in [3.63, 3.8) is 0 Å². The maximum absolute atomic E-state index is 11.7. The molecule has 0 atom stereocenters. The number of carbonyl (C=O) groups excluding carboxylic acids is 1. The fourth-order valence-electron chi connectivity index (χ4n) is 1.72. The molecule has 0 bridgehead atoms. The Bertz CT molecular complexity index is 567. The summed E-state index contributed by atoms with van der Waals surface area (Å²) in [6.45, 7) is 0. The Hall–Kier alpha value is -2.00. The lowest BCUT2D eigenvalue weighted by Gasteiger charge is -2.05. The van der Waals surface area contributed by atoms with E-state index in [9.17, 15) is 9.90 Å². The number of hydrogen-bond acceptors (Lipinski definition) is 2. The quantitative estimate of drug-likeness (QED) is 0.895. The molecule has 0 radical (unpaired) electrons. The molecule has 0 fully saturated rings. The monoisotopic (exact) mass is 275 g/mol. The second-order valence-corrected chi connectivity index (χ2v) is 4.66. The second-order valence-electron chi connectivity index (χ2n) is 4.22. The Balaban J connectivity index is 1.86. The van der Waals surface area contributed by atoms with Gasteiger partial charge in [-0.2, -0.15) is 0 Å². The van der Waals surface area contributed by atoms with Crippen LogP contribution in [-0.4, -0.2) is 11.0 Å². The zero-order valence-electron chi connectivity index (χ0n) is 10.3. The first-order valence-electron chi connectivity index (χ1n) is 5.97. The zero-order valence-corrected chi connectivity index (χ0v) is 11.0. The van der Waals surface area contributed by atoms with Crippen molar-refractivity contribution >= 4 is 23.2 Å². The van der Waals surface area contributed by atoms with Gasteiger partial charge in [0.05, 0.1) is 0 Å². The van der Waals surface area contributed by atoms with Crippen LogP contribution in [0.25, 0.3) is 0 Å². The predicted molar refractivity (Wildman–Crippen MR) is 76.5 cm³/mol. The number of benzene rings is 2. The molecule has 0 aliphatic carbocycles. The van der Waals surface area contributed by atoms with Crippen LogP contribution in [0.4, 0.5) is 5.69 Å². The highest BCUT2D eigenvalue weighted by Gasteiger charge is 2.03. The molecule has 0 saturated heterocycles. The van der Waals surface area contributed by atoms with Gasteiger partial charge in [-0.15, -0.1) is 0 Å². The number of aromatic hydroxyl groups is 1. The number of hydrogen-bond donors (Lipinski definition) is 2. The zero-order chi connectivity index (χ0) is 13.7. The van der Waals surface area contributed by atoms with Gasteiger partial charge in [-0.05, 0) is 36.2 Å². The lowest BCUT2D eigenvalue weighted by atomic mass is 10.1. The van der Waals surface area contributed by atoms with E-state index in [4.69, 9.17) is 11.6 Å². The van der Waals surface area contributed by atoms with E-state index in [2.05, 4.69) is 5.32 Å². The van der Waals surface area contributed by atoms with E-state index in [0.717, 1.165) is 5.56 Å². The summed E-state index contributed by atoms with van der Waals surface area (Å²) < 4.78 is 0. The Morgan fingerprint density at radius 2 is 1.89 bits per heavy atom. The minimum atomic E-state index is -0.0828. The van der Waals surface area contributed by atoms with E-state index in [1.807, 2.05) is 24.3 Å². The Labute approximate surface area is 116 Å². The molecular formula is C15H14ClNO2. The van der Waals surface area contributed by atoms with E-state index < -0.39 is 0 Å². The van der Waals surface area contributed by atoms with Gasteiger partial charge in [0, 0.05) is 23.2 Å². The van der Waals surface area contributed by atoms with E-state index in [1.165, 1.54) is 6.07 Å². The van der Waals surface area contributed by atoms with Gasteiger partial charge < -0.3 is 10.4 Å². The first-order chi connectivity index (χ1) is 9.13. The predicted octanol–water partition coefficient (Wildman–Crippen LogP) is 3.62. The number of nitrogens with one attached hydrogen (secondary N) is 1. The van der Waals surface area contributed by atoms with Crippen LogP contribution in [0.2, 0.25) is 5.02 Å². The summed E-state index contributed by atoms with van der Waals surface area (Å²) in [6.07, 6.45) is 1.04. The van der Waals surface area contributed by atoms with Gasteiger partial charge in [0.25, 0.3) is 0 Å². The van der Waals surface area contributed by atoms with Crippen LogP contribution in [-0.2, 0) is 11.2 Å². The highest BCUT2D eigenvalue weighted by Crippen LogP contribution is 2.16. The van der Waals surface area contributed by atoms with Crippen molar-refractivity contribution in [2.45, 2.75) is 12.8 Å². The van der Waals surface area contributed by atoms with Crippen molar-refractivity contribution in [2.75, 3.05) is 5.32 Å². The number of phenols is 1. The SMILES string of the molecule is O=C(CCc1ccc(Cl)cc1)Nc1cccc(O)c1. The molecule has 19 heavy (non-hydrogen) atoms. The van der Waals surface area contributed by atoms with Gasteiger partial charge >= 0.3 is 0 Å². The van der Waals surface area contributed by atoms with E-state index >= 15 is 0 Å². The Morgan fingerprint density at radius 3 is 2.58 bits per heavy atom. The molecule has 0 aliphatic heterocycles. The first-order valence-corrected chi connectivity index (χ1v) is 6.34. The van der Waals surface area contributed by atoms with E-state index in [0.29, 0.717) is 23.6 Å². The summed E-state index contributed by atoms with van der Waals surface area (Å²) >= 11 is 5.79. The third kappa shape index (κ3) is 4.30. The van der Waals surface area contributed by atoms with Crippen LogP contribution in [0.3, 0.4) is 0 Å². The number of rotatable bonds is 4. The smallest absolute Gasteiger partial charge is 0.224 e. The molecule has 0 aliphatic rings. The van der Waals surface area contributed by atoms with Crippen molar-refractivity contribution in [3.8, 4) is 5.75 Å². The Kier molecular flexibility index (Phi) is 4.42. The minimum absolute atomic E-state index is 0.0828. The van der Waals surface area contributed by atoms with Crippen molar-refractivity contribution in [1.82, 2.24) is 0 Å². The molecule has 3 nitrogen and oxygen atoms in total. The molecule has 4 heteroatoms. The number of halogens is 1. The fourth-order valence-corrected chi connectivity index (χ4v) is 1.84. The van der Waals surface area contributed by atoms with Crippen LogP contribution in [0.15, 0.2) is 48.5 Å². The lowest BCUT2D eigenvalue weighted by Crippen LogP contribution is -2.12. The highest BCUT2D eigenvalue weighted by atomic mass is 35.5. The van der Waals surface area contributed by atoms with Gasteiger partial charge in [-0.25, -0.2) is 0 Å².